The van der Waals surface area contributed by atoms with Gasteiger partial charge in [0.1, 0.15) is 0 Å². The largest absolute Gasteiger partial charge is 0.352 e. The molecule has 5 nitrogen and oxygen atoms in total. The molecular formula is C22H22N4O. The lowest BCUT2D eigenvalue weighted by Crippen LogP contribution is -2.23. The van der Waals surface area contributed by atoms with Crippen LogP contribution < -0.4 is 5.32 Å². The van der Waals surface area contributed by atoms with Gasteiger partial charge in [0.05, 0.1) is 12.7 Å². The predicted molar refractivity (Wildman–Crippen MR) is 106 cm³/mol. The highest BCUT2D eigenvalue weighted by Gasteiger charge is 2.06. The summed E-state index contributed by atoms with van der Waals surface area (Å²) in [6, 6.07) is 20.5. The fourth-order valence-corrected chi connectivity index (χ4v) is 3.20. The van der Waals surface area contributed by atoms with E-state index in [2.05, 4.69) is 45.3 Å². The molecule has 0 aliphatic rings. The van der Waals surface area contributed by atoms with Crippen molar-refractivity contribution in [3.05, 3.63) is 90.4 Å². The first kappa shape index (κ1) is 17.1. The molecule has 0 saturated heterocycles. The molecule has 5 heteroatoms. The van der Waals surface area contributed by atoms with Crippen LogP contribution in [0.4, 0.5) is 0 Å². The Kier molecular flexibility index (Phi) is 5.01. The van der Waals surface area contributed by atoms with Gasteiger partial charge in [-0.05, 0) is 23.1 Å². The number of aromatic nitrogens is 3. The summed E-state index contributed by atoms with van der Waals surface area (Å²) >= 11 is 0. The molecule has 2 aromatic heterocycles. The fourth-order valence-electron chi connectivity index (χ4n) is 3.20. The molecule has 27 heavy (non-hydrogen) atoms. The summed E-state index contributed by atoms with van der Waals surface area (Å²) < 4.78 is 4.01. The number of rotatable bonds is 7. The molecule has 0 aliphatic carbocycles. The molecule has 136 valence electrons. The SMILES string of the molecule is O=C(CCn1ccc2ccccc21)NCc1cnn(Cc2ccccc2)c1. The summed E-state index contributed by atoms with van der Waals surface area (Å²) in [7, 11) is 0. The first-order valence-corrected chi connectivity index (χ1v) is 9.14. The van der Waals surface area contributed by atoms with Crippen molar-refractivity contribution >= 4 is 16.8 Å². The van der Waals surface area contributed by atoms with Crippen LogP contribution in [-0.2, 0) is 24.4 Å². The maximum Gasteiger partial charge on any atom is 0.222 e. The van der Waals surface area contributed by atoms with Gasteiger partial charge in [0.2, 0.25) is 5.91 Å². The van der Waals surface area contributed by atoms with Gasteiger partial charge in [0, 0.05) is 43.0 Å². The van der Waals surface area contributed by atoms with Crippen LogP contribution in [0.3, 0.4) is 0 Å². The Morgan fingerprint density at radius 3 is 2.67 bits per heavy atom. The van der Waals surface area contributed by atoms with Gasteiger partial charge in [0.25, 0.3) is 0 Å². The van der Waals surface area contributed by atoms with Crippen LogP contribution in [0, 0.1) is 0 Å². The topological polar surface area (TPSA) is 51.9 Å². The highest BCUT2D eigenvalue weighted by atomic mass is 16.1. The molecule has 0 spiro atoms. The monoisotopic (exact) mass is 358 g/mol. The van der Waals surface area contributed by atoms with Crippen LogP contribution >= 0.6 is 0 Å². The van der Waals surface area contributed by atoms with Gasteiger partial charge in [-0.3, -0.25) is 9.48 Å². The molecule has 4 rings (SSSR count). The van der Waals surface area contributed by atoms with Crippen LogP contribution in [0.2, 0.25) is 0 Å². The summed E-state index contributed by atoms with van der Waals surface area (Å²) in [5.74, 6) is 0.0450. The van der Waals surface area contributed by atoms with Gasteiger partial charge in [-0.15, -0.1) is 0 Å². The van der Waals surface area contributed by atoms with Crippen molar-refractivity contribution in [1.29, 1.82) is 0 Å². The van der Waals surface area contributed by atoms with Gasteiger partial charge in [-0.25, -0.2) is 0 Å². The first-order valence-electron chi connectivity index (χ1n) is 9.14. The summed E-state index contributed by atoms with van der Waals surface area (Å²) in [5.41, 5.74) is 3.37. The number of benzene rings is 2. The number of para-hydroxylation sites is 1. The molecule has 0 atom stereocenters. The van der Waals surface area contributed by atoms with Crippen molar-refractivity contribution < 1.29 is 4.79 Å². The normalized spacial score (nSPS) is 11.0. The van der Waals surface area contributed by atoms with Crippen molar-refractivity contribution in [1.82, 2.24) is 19.7 Å². The number of amides is 1. The molecule has 1 amide bonds. The van der Waals surface area contributed by atoms with E-state index in [0.717, 1.165) is 17.6 Å². The molecule has 0 aliphatic heterocycles. The molecule has 0 bridgehead atoms. The van der Waals surface area contributed by atoms with E-state index in [1.165, 1.54) is 10.9 Å². The predicted octanol–water partition coefficient (Wildman–Crippen LogP) is 3.59. The van der Waals surface area contributed by atoms with Crippen LogP contribution in [0.15, 0.2) is 79.3 Å². The number of hydrogen-bond acceptors (Lipinski definition) is 2. The Bertz CT molecular complexity index is 1030. The number of carbonyl (C=O) groups is 1. The number of nitrogens with zero attached hydrogens (tertiary/aromatic N) is 3. The van der Waals surface area contributed by atoms with E-state index >= 15 is 0 Å². The minimum absolute atomic E-state index is 0.0450. The zero-order valence-electron chi connectivity index (χ0n) is 15.1. The lowest BCUT2D eigenvalue weighted by Gasteiger charge is -2.06. The van der Waals surface area contributed by atoms with E-state index < -0.39 is 0 Å². The van der Waals surface area contributed by atoms with Crippen molar-refractivity contribution in [3.8, 4) is 0 Å². The Morgan fingerprint density at radius 2 is 1.78 bits per heavy atom. The lowest BCUT2D eigenvalue weighted by molar-refractivity contribution is -0.121. The van der Waals surface area contributed by atoms with Gasteiger partial charge < -0.3 is 9.88 Å². The fraction of sp³-hybridized carbons (Fsp3) is 0.182. The van der Waals surface area contributed by atoms with Gasteiger partial charge in [-0.2, -0.15) is 5.10 Å². The summed E-state index contributed by atoms with van der Waals surface area (Å²) in [4.78, 5) is 12.2. The third kappa shape index (κ3) is 4.26. The van der Waals surface area contributed by atoms with Gasteiger partial charge in [-0.1, -0.05) is 48.5 Å². The van der Waals surface area contributed by atoms with E-state index in [4.69, 9.17) is 0 Å². The van der Waals surface area contributed by atoms with Crippen molar-refractivity contribution in [3.63, 3.8) is 0 Å². The van der Waals surface area contributed by atoms with Crippen molar-refractivity contribution in [2.75, 3.05) is 0 Å². The molecule has 0 saturated carbocycles. The molecule has 0 fully saturated rings. The molecule has 2 heterocycles. The molecule has 2 aromatic carbocycles. The van der Waals surface area contributed by atoms with Crippen molar-refractivity contribution in [2.45, 2.75) is 26.1 Å². The summed E-state index contributed by atoms with van der Waals surface area (Å²) in [6.45, 7) is 1.90. The van der Waals surface area contributed by atoms with Gasteiger partial charge in [0.15, 0.2) is 0 Å². The second-order valence-electron chi connectivity index (χ2n) is 6.63. The van der Waals surface area contributed by atoms with Crippen LogP contribution in [0.5, 0.6) is 0 Å². The number of nitrogens with one attached hydrogen (secondary N) is 1. The Hall–Kier alpha value is -3.34. The Morgan fingerprint density at radius 1 is 0.963 bits per heavy atom. The third-order valence-corrected chi connectivity index (χ3v) is 4.62. The van der Waals surface area contributed by atoms with E-state index in [-0.39, 0.29) is 5.91 Å². The van der Waals surface area contributed by atoms with Crippen LogP contribution in [0.25, 0.3) is 10.9 Å². The van der Waals surface area contributed by atoms with E-state index in [9.17, 15) is 4.79 Å². The Labute approximate surface area is 158 Å². The highest BCUT2D eigenvalue weighted by Crippen LogP contribution is 2.15. The number of hydrogen-bond donors (Lipinski definition) is 1. The van der Waals surface area contributed by atoms with Crippen LogP contribution in [-0.4, -0.2) is 20.3 Å². The standard InChI is InChI=1S/C22H22N4O/c27-22(11-13-25-12-10-20-8-4-5-9-21(20)25)23-14-19-15-24-26(17-19)16-18-6-2-1-3-7-18/h1-10,12,15,17H,11,13-14,16H2,(H,23,27). The summed E-state index contributed by atoms with van der Waals surface area (Å²) in [5, 5.41) is 8.55. The molecule has 1 N–H and O–H groups in total. The second kappa shape index (κ2) is 7.91. The lowest BCUT2D eigenvalue weighted by atomic mass is 10.2. The number of aryl methyl sites for hydroxylation is 1. The molecular weight excluding hydrogens is 336 g/mol. The quantitative estimate of drug-likeness (QED) is 0.549. The minimum Gasteiger partial charge on any atom is -0.352 e. The van der Waals surface area contributed by atoms with E-state index in [1.807, 2.05) is 53.6 Å². The Balaban J connectivity index is 1.27. The maximum absolute atomic E-state index is 12.2. The number of fused-ring (bicyclic) bond motifs is 1. The average molecular weight is 358 g/mol. The molecule has 4 aromatic rings. The average Bonchev–Trinajstić information content (AvgIpc) is 3.32. The number of carbonyl (C=O) groups excluding carboxylic acids is 1. The van der Waals surface area contributed by atoms with Crippen LogP contribution in [0.1, 0.15) is 17.5 Å². The maximum atomic E-state index is 12.2. The zero-order valence-corrected chi connectivity index (χ0v) is 15.1. The summed E-state index contributed by atoms with van der Waals surface area (Å²) in [6.07, 6.45) is 6.28. The van der Waals surface area contributed by atoms with E-state index in [1.54, 1.807) is 0 Å². The van der Waals surface area contributed by atoms with Gasteiger partial charge >= 0.3 is 0 Å². The highest BCUT2D eigenvalue weighted by molar-refractivity contribution is 5.80. The van der Waals surface area contributed by atoms with E-state index in [0.29, 0.717) is 19.5 Å². The minimum atomic E-state index is 0.0450. The zero-order chi connectivity index (χ0) is 18.5. The molecule has 0 unspecified atom stereocenters. The van der Waals surface area contributed by atoms with Crippen molar-refractivity contribution in [2.24, 2.45) is 0 Å². The second-order valence-corrected chi connectivity index (χ2v) is 6.63. The molecule has 0 radical (unpaired) electrons. The smallest absolute Gasteiger partial charge is 0.222 e. The first-order chi connectivity index (χ1) is 13.3. The third-order valence-electron chi connectivity index (χ3n) is 4.62.